The van der Waals surface area contributed by atoms with Crippen molar-refractivity contribution in [1.29, 1.82) is 0 Å². The molecule has 1 fully saturated rings. The lowest BCUT2D eigenvalue weighted by atomic mass is 9.76. The fourth-order valence-corrected chi connectivity index (χ4v) is 3.60. The Balaban J connectivity index is 1.60. The zero-order valence-electron chi connectivity index (χ0n) is 14.1. The van der Waals surface area contributed by atoms with Crippen molar-refractivity contribution in [3.05, 3.63) is 59.7 Å². The van der Waals surface area contributed by atoms with Crippen molar-refractivity contribution < 1.29 is 22.6 Å². The van der Waals surface area contributed by atoms with Gasteiger partial charge in [-0.25, -0.2) is 0 Å². The molecule has 3 rings (SSSR count). The molecule has 0 radical (unpaired) electrons. The van der Waals surface area contributed by atoms with Crippen molar-refractivity contribution in [2.24, 2.45) is 0 Å². The highest BCUT2D eigenvalue weighted by molar-refractivity contribution is 5.33. The summed E-state index contributed by atoms with van der Waals surface area (Å²) in [4.78, 5) is 0. The molecule has 0 aromatic heterocycles. The van der Waals surface area contributed by atoms with Crippen molar-refractivity contribution in [3.8, 4) is 11.5 Å². The number of alkyl halides is 3. The van der Waals surface area contributed by atoms with Crippen molar-refractivity contribution >= 4 is 0 Å². The number of rotatable bonds is 4. The molecule has 1 aliphatic rings. The van der Waals surface area contributed by atoms with Crippen LogP contribution in [0.1, 0.15) is 48.6 Å². The standard InChI is InChI=1S/C20H21F3O2/c1-24-19-4-2-3-17(13-19)16-7-5-14(6-8-16)15-9-11-18(12-10-15)25-20(21,22)23/h2-4,9-14,16H,5-8H2,1H3. The first kappa shape index (κ1) is 17.6. The van der Waals surface area contributed by atoms with Gasteiger partial charge in [0.05, 0.1) is 7.11 Å². The van der Waals surface area contributed by atoms with Crippen LogP contribution in [-0.4, -0.2) is 13.5 Å². The first-order valence-electron chi connectivity index (χ1n) is 8.44. The molecule has 0 bridgehead atoms. The predicted molar refractivity (Wildman–Crippen MR) is 90.1 cm³/mol. The lowest BCUT2D eigenvalue weighted by Crippen LogP contribution is -2.17. The van der Waals surface area contributed by atoms with Crippen LogP contribution >= 0.6 is 0 Å². The molecular formula is C20H21F3O2. The van der Waals surface area contributed by atoms with Gasteiger partial charge < -0.3 is 9.47 Å². The van der Waals surface area contributed by atoms with Crippen LogP contribution in [0.5, 0.6) is 11.5 Å². The Kier molecular flexibility index (Phi) is 5.21. The van der Waals surface area contributed by atoms with Gasteiger partial charge in [-0.2, -0.15) is 0 Å². The second kappa shape index (κ2) is 7.38. The second-order valence-corrected chi connectivity index (χ2v) is 6.44. The Morgan fingerprint density at radius 2 is 1.40 bits per heavy atom. The van der Waals surface area contributed by atoms with Crippen molar-refractivity contribution in [1.82, 2.24) is 0 Å². The first-order chi connectivity index (χ1) is 11.9. The van der Waals surface area contributed by atoms with E-state index in [1.807, 2.05) is 12.1 Å². The Morgan fingerprint density at radius 3 is 1.96 bits per heavy atom. The molecule has 1 saturated carbocycles. The SMILES string of the molecule is COc1cccc(C2CCC(c3ccc(OC(F)(F)F)cc3)CC2)c1. The summed E-state index contributed by atoms with van der Waals surface area (Å²) in [7, 11) is 1.67. The molecule has 0 aliphatic heterocycles. The van der Waals surface area contributed by atoms with E-state index in [0.29, 0.717) is 11.8 Å². The van der Waals surface area contributed by atoms with Gasteiger partial charge in [0.15, 0.2) is 0 Å². The number of hydrogen-bond acceptors (Lipinski definition) is 2. The van der Waals surface area contributed by atoms with Crippen LogP contribution in [0.2, 0.25) is 0 Å². The van der Waals surface area contributed by atoms with Gasteiger partial charge in [-0.15, -0.1) is 13.2 Å². The smallest absolute Gasteiger partial charge is 0.497 e. The molecule has 0 unspecified atom stereocenters. The fourth-order valence-electron chi connectivity index (χ4n) is 3.60. The normalized spacial score (nSPS) is 21.0. The van der Waals surface area contributed by atoms with E-state index >= 15 is 0 Å². The lowest BCUT2D eigenvalue weighted by molar-refractivity contribution is -0.274. The average Bonchev–Trinajstić information content (AvgIpc) is 2.61. The average molecular weight is 350 g/mol. The zero-order chi connectivity index (χ0) is 17.9. The summed E-state index contributed by atoms with van der Waals surface area (Å²) >= 11 is 0. The van der Waals surface area contributed by atoms with Crippen LogP contribution < -0.4 is 9.47 Å². The third kappa shape index (κ3) is 4.68. The van der Waals surface area contributed by atoms with Crippen LogP contribution in [-0.2, 0) is 0 Å². The molecular weight excluding hydrogens is 329 g/mol. The Labute approximate surface area is 145 Å². The van der Waals surface area contributed by atoms with Crippen LogP contribution in [0.25, 0.3) is 0 Å². The predicted octanol–water partition coefficient (Wildman–Crippen LogP) is 6.04. The summed E-state index contributed by atoms with van der Waals surface area (Å²) in [5, 5.41) is 0. The monoisotopic (exact) mass is 350 g/mol. The van der Waals surface area contributed by atoms with Crippen molar-refractivity contribution in [2.75, 3.05) is 7.11 Å². The van der Waals surface area contributed by atoms with E-state index in [9.17, 15) is 13.2 Å². The molecule has 2 aromatic rings. The largest absolute Gasteiger partial charge is 0.573 e. The van der Waals surface area contributed by atoms with E-state index in [2.05, 4.69) is 16.9 Å². The van der Waals surface area contributed by atoms with Gasteiger partial charge in [0.25, 0.3) is 0 Å². The van der Waals surface area contributed by atoms with E-state index in [0.717, 1.165) is 37.0 Å². The topological polar surface area (TPSA) is 18.5 Å². The van der Waals surface area contributed by atoms with Crippen LogP contribution in [0.15, 0.2) is 48.5 Å². The number of hydrogen-bond donors (Lipinski definition) is 0. The summed E-state index contributed by atoms with van der Waals surface area (Å²) in [6.07, 6.45) is -0.448. The summed E-state index contributed by atoms with van der Waals surface area (Å²) in [5.74, 6) is 1.61. The first-order valence-corrected chi connectivity index (χ1v) is 8.44. The zero-order valence-corrected chi connectivity index (χ0v) is 14.1. The molecule has 0 N–H and O–H groups in total. The highest BCUT2D eigenvalue weighted by Crippen LogP contribution is 2.41. The molecule has 2 nitrogen and oxygen atoms in total. The van der Waals surface area contributed by atoms with E-state index in [4.69, 9.17) is 4.74 Å². The van der Waals surface area contributed by atoms with Gasteiger partial charge in [0, 0.05) is 0 Å². The highest BCUT2D eigenvalue weighted by Gasteiger charge is 2.31. The quantitative estimate of drug-likeness (QED) is 0.670. The minimum absolute atomic E-state index is 0.165. The molecule has 25 heavy (non-hydrogen) atoms. The molecule has 0 atom stereocenters. The van der Waals surface area contributed by atoms with Gasteiger partial charge in [0.2, 0.25) is 0 Å². The maximum Gasteiger partial charge on any atom is 0.573 e. The van der Waals surface area contributed by atoms with Gasteiger partial charge in [-0.05, 0) is 72.9 Å². The minimum atomic E-state index is -4.64. The second-order valence-electron chi connectivity index (χ2n) is 6.44. The lowest BCUT2D eigenvalue weighted by Gasteiger charge is -2.29. The minimum Gasteiger partial charge on any atom is -0.497 e. The van der Waals surface area contributed by atoms with Crippen LogP contribution in [0.3, 0.4) is 0 Å². The fraction of sp³-hybridized carbons (Fsp3) is 0.400. The third-order valence-electron chi connectivity index (χ3n) is 4.88. The molecule has 5 heteroatoms. The summed E-state index contributed by atoms with van der Waals surface area (Å²) in [5.41, 5.74) is 2.38. The molecule has 2 aromatic carbocycles. The number of ether oxygens (including phenoxy) is 2. The summed E-state index contributed by atoms with van der Waals surface area (Å²) in [6, 6.07) is 14.5. The number of benzene rings is 2. The molecule has 0 heterocycles. The maximum atomic E-state index is 12.2. The number of methoxy groups -OCH3 is 1. The summed E-state index contributed by atoms with van der Waals surface area (Å²) < 4.78 is 45.9. The van der Waals surface area contributed by atoms with Gasteiger partial charge in [-0.1, -0.05) is 24.3 Å². The van der Waals surface area contributed by atoms with Crippen molar-refractivity contribution in [2.45, 2.75) is 43.9 Å². The molecule has 134 valence electrons. The van der Waals surface area contributed by atoms with E-state index < -0.39 is 6.36 Å². The third-order valence-corrected chi connectivity index (χ3v) is 4.88. The Bertz CT molecular complexity index is 687. The molecule has 0 amide bonds. The van der Waals surface area contributed by atoms with E-state index in [1.165, 1.54) is 17.7 Å². The van der Waals surface area contributed by atoms with E-state index in [-0.39, 0.29) is 5.75 Å². The highest BCUT2D eigenvalue weighted by atomic mass is 19.4. The maximum absolute atomic E-state index is 12.2. The van der Waals surface area contributed by atoms with Crippen LogP contribution in [0.4, 0.5) is 13.2 Å². The summed E-state index contributed by atoms with van der Waals surface area (Å²) in [6.45, 7) is 0. The van der Waals surface area contributed by atoms with Gasteiger partial charge in [0.1, 0.15) is 11.5 Å². The van der Waals surface area contributed by atoms with Crippen LogP contribution in [0, 0.1) is 0 Å². The molecule has 1 aliphatic carbocycles. The van der Waals surface area contributed by atoms with E-state index in [1.54, 1.807) is 19.2 Å². The van der Waals surface area contributed by atoms with Crippen molar-refractivity contribution in [3.63, 3.8) is 0 Å². The van der Waals surface area contributed by atoms with Gasteiger partial charge in [-0.3, -0.25) is 0 Å². The molecule has 0 spiro atoms. The van der Waals surface area contributed by atoms with Gasteiger partial charge >= 0.3 is 6.36 Å². The Hall–Kier alpha value is -2.17. The molecule has 0 saturated heterocycles. The Morgan fingerprint density at radius 1 is 0.800 bits per heavy atom. The number of halogens is 3.